The number of hydrogen-bond donors (Lipinski definition) is 0. The lowest BCUT2D eigenvalue weighted by Crippen LogP contribution is -1.92. The minimum Gasteiger partial charge on any atom is -0.439 e. The Morgan fingerprint density at radius 3 is 2.63 bits per heavy atom. The van der Waals surface area contributed by atoms with Gasteiger partial charge in [-0.25, -0.2) is 4.98 Å². The van der Waals surface area contributed by atoms with E-state index >= 15 is 0 Å². The van der Waals surface area contributed by atoms with Gasteiger partial charge >= 0.3 is 0 Å². The molecule has 6 nitrogen and oxygen atoms in total. The first-order chi connectivity index (χ1) is 8.69. The van der Waals surface area contributed by atoms with Gasteiger partial charge in [-0.15, -0.1) is 12.4 Å². The Morgan fingerprint density at radius 1 is 1.26 bits per heavy atom. The highest BCUT2D eigenvalue weighted by molar-refractivity contribution is 5.85. The predicted octanol–water partition coefficient (Wildman–Crippen LogP) is 3.02. The highest BCUT2D eigenvalue weighted by Gasteiger charge is 2.06. The Kier molecular flexibility index (Phi) is 4.96. The Labute approximate surface area is 114 Å². The lowest BCUT2D eigenvalue weighted by molar-refractivity contribution is -0.385. The van der Waals surface area contributed by atoms with Crippen molar-refractivity contribution in [1.29, 1.82) is 0 Å². The number of halogens is 1. The number of benzene rings is 1. The van der Waals surface area contributed by atoms with Gasteiger partial charge in [0.1, 0.15) is 18.2 Å². The number of pyridine rings is 1. The Morgan fingerprint density at radius 2 is 2.05 bits per heavy atom. The van der Waals surface area contributed by atoms with E-state index in [9.17, 15) is 14.9 Å². The summed E-state index contributed by atoms with van der Waals surface area (Å²) in [6.45, 7) is 0. The summed E-state index contributed by atoms with van der Waals surface area (Å²) in [5.41, 5.74) is 0.374. The average Bonchev–Trinajstić information content (AvgIpc) is 2.39. The van der Waals surface area contributed by atoms with E-state index in [1.54, 1.807) is 24.3 Å². The number of aromatic nitrogens is 1. The van der Waals surface area contributed by atoms with Gasteiger partial charge < -0.3 is 4.74 Å². The fourth-order valence-corrected chi connectivity index (χ4v) is 1.31. The zero-order valence-electron chi connectivity index (χ0n) is 9.55. The van der Waals surface area contributed by atoms with Crippen LogP contribution in [0.5, 0.6) is 11.6 Å². The first-order valence-corrected chi connectivity index (χ1v) is 5.02. The lowest BCUT2D eigenvalue weighted by Gasteiger charge is -2.04. The van der Waals surface area contributed by atoms with Crippen LogP contribution in [0.25, 0.3) is 0 Å². The number of ether oxygens (including phenoxy) is 1. The van der Waals surface area contributed by atoms with E-state index in [0.29, 0.717) is 17.6 Å². The molecular formula is C12H9ClN2O4. The van der Waals surface area contributed by atoms with Gasteiger partial charge in [-0.05, 0) is 12.1 Å². The normalized spacial score (nSPS) is 9.26. The molecule has 0 aliphatic heterocycles. The molecule has 0 aliphatic rings. The fourth-order valence-electron chi connectivity index (χ4n) is 1.31. The van der Waals surface area contributed by atoms with Crippen LogP contribution in [0.15, 0.2) is 42.6 Å². The molecule has 0 saturated carbocycles. The maximum atomic E-state index is 10.6. The first-order valence-electron chi connectivity index (χ1n) is 5.02. The quantitative estimate of drug-likeness (QED) is 0.488. The molecule has 0 N–H and O–H groups in total. The van der Waals surface area contributed by atoms with Gasteiger partial charge in [0.15, 0.2) is 0 Å². The Hall–Kier alpha value is -2.47. The van der Waals surface area contributed by atoms with Crippen molar-refractivity contribution in [3.05, 3.63) is 58.3 Å². The van der Waals surface area contributed by atoms with Crippen LogP contribution < -0.4 is 4.74 Å². The number of nitrogens with zero attached hydrogens (tertiary/aromatic N) is 2. The average molecular weight is 281 g/mol. The van der Waals surface area contributed by atoms with Gasteiger partial charge in [0, 0.05) is 17.7 Å². The third-order valence-corrected chi connectivity index (χ3v) is 2.15. The van der Waals surface area contributed by atoms with Crippen LogP contribution >= 0.6 is 12.4 Å². The molecule has 0 unspecified atom stereocenters. The van der Waals surface area contributed by atoms with E-state index in [-0.39, 0.29) is 24.0 Å². The molecule has 1 heterocycles. The summed E-state index contributed by atoms with van der Waals surface area (Å²) in [4.78, 5) is 24.3. The molecule has 0 aliphatic carbocycles. The van der Waals surface area contributed by atoms with Gasteiger partial charge in [0.25, 0.3) is 5.69 Å². The van der Waals surface area contributed by atoms with Crippen molar-refractivity contribution in [2.45, 2.75) is 0 Å². The second-order valence-electron chi connectivity index (χ2n) is 3.40. The molecule has 1 aromatic carbocycles. The Balaban J connectivity index is 0.00000180. The van der Waals surface area contributed by atoms with Crippen molar-refractivity contribution in [2.75, 3.05) is 0 Å². The standard InChI is InChI=1S/C12H8N2O4.ClH/c15-8-9-2-1-3-11(6-9)18-12-5-4-10(7-13-12)14(16)17;/h1-8H;1H. The van der Waals surface area contributed by atoms with E-state index in [0.717, 1.165) is 6.20 Å². The smallest absolute Gasteiger partial charge is 0.287 e. The SMILES string of the molecule is Cl.O=Cc1cccc(Oc2ccc([N+](=O)[O-])cn2)c1. The summed E-state index contributed by atoms with van der Waals surface area (Å²) in [5, 5.41) is 10.4. The summed E-state index contributed by atoms with van der Waals surface area (Å²) in [6, 6.07) is 9.22. The van der Waals surface area contributed by atoms with Gasteiger partial charge in [0.2, 0.25) is 5.88 Å². The first kappa shape index (κ1) is 14.6. The number of carbonyl (C=O) groups excluding carboxylic acids is 1. The van der Waals surface area contributed by atoms with Crippen molar-refractivity contribution < 1.29 is 14.5 Å². The van der Waals surface area contributed by atoms with Crippen LogP contribution in [0, 0.1) is 10.1 Å². The number of carbonyl (C=O) groups is 1. The molecule has 0 amide bonds. The van der Waals surface area contributed by atoms with Gasteiger partial charge in [0.05, 0.1) is 4.92 Å². The third-order valence-electron chi connectivity index (χ3n) is 2.15. The monoisotopic (exact) mass is 280 g/mol. The second kappa shape index (κ2) is 6.46. The van der Waals surface area contributed by atoms with Gasteiger partial charge in [-0.2, -0.15) is 0 Å². The minimum atomic E-state index is -0.538. The number of nitro groups is 1. The van der Waals surface area contributed by atoms with E-state index in [1.165, 1.54) is 12.1 Å². The van der Waals surface area contributed by atoms with E-state index in [2.05, 4.69) is 4.98 Å². The van der Waals surface area contributed by atoms with Crippen molar-refractivity contribution in [1.82, 2.24) is 4.98 Å². The Bertz CT molecular complexity index is 587. The van der Waals surface area contributed by atoms with Crippen molar-refractivity contribution in [3.63, 3.8) is 0 Å². The van der Waals surface area contributed by atoms with Crippen LogP contribution in [0.1, 0.15) is 10.4 Å². The number of aldehydes is 1. The summed E-state index contributed by atoms with van der Waals surface area (Å²) in [7, 11) is 0. The largest absolute Gasteiger partial charge is 0.439 e. The molecule has 98 valence electrons. The van der Waals surface area contributed by atoms with Crippen molar-refractivity contribution >= 4 is 24.4 Å². The van der Waals surface area contributed by atoms with E-state index < -0.39 is 4.92 Å². The molecule has 1 aromatic heterocycles. The van der Waals surface area contributed by atoms with Crippen LogP contribution in [-0.4, -0.2) is 16.2 Å². The van der Waals surface area contributed by atoms with Crippen LogP contribution in [-0.2, 0) is 0 Å². The van der Waals surface area contributed by atoms with Crippen LogP contribution in [0.3, 0.4) is 0 Å². The molecule has 0 radical (unpaired) electrons. The number of rotatable bonds is 4. The van der Waals surface area contributed by atoms with Gasteiger partial charge in [-0.3, -0.25) is 14.9 Å². The summed E-state index contributed by atoms with van der Waals surface area (Å²) in [5.74, 6) is 0.671. The maximum Gasteiger partial charge on any atom is 0.287 e. The van der Waals surface area contributed by atoms with E-state index in [1.807, 2.05) is 0 Å². The molecule has 0 saturated heterocycles. The molecule has 7 heteroatoms. The number of hydrogen-bond acceptors (Lipinski definition) is 5. The second-order valence-corrected chi connectivity index (χ2v) is 3.40. The van der Waals surface area contributed by atoms with Crippen LogP contribution in [0.4, 0.5) is 5.69 Å². The summed E-state index contributed by atoms with van der Waals surface area (Å²) in [6.07, 6.45) is 1.81. The zero-order valence-corrected chi connectivity index (χ0v) is 10.4. The minimum absolute atomic E-state index is 0. The fraction of sp³-hybridized carbons (Fsp3) is 0. The zero-order chi connectivity index (χ0) is 13.0. The molecule has 0 spiro atoms. The molecular weight excluding hydrogens is 272 g/mol. The van der Waals surface area contributed by atoms with Crippen molar-refractivity contribution in [2.24, 2.45) is 0 Å². The maximum absolute atomic E-state index is 10.6. The molecule has 0 fully saturated rings. The summed E-state index contributed by atoms with van der Waals surface area (Å²) >= 11 is 0. The van der Waals surface area contributed by atoms with E-state index in [4.69, 9.17) is 4.74 Å². The summed E-state index contributed by atoms with van der Waals surface area (Å²) < 4.78 is 5.36. The van der Waals surface area contributed by atoms with Crippen molar-refractivity contribution in [3.8, 4) is 11.6 Å². The van der Waals surface area contributed by atoms with Crippen LogP contribution in [0.2, 0.25) is 0 Å². The third kappa shape index (κ3) is 3.75. The highest BCUT2D eigenvalue weighted by Crippen LogP contribution is 2.21. The predicted molar refractivity (Wildman–Crippen MR) is 70.0 cm³/mol. The molecule has 0 atom stereocenters. The topological polar surface area (TPSA) is 82.3 Å². The molecule has 19 heavy (non-hydrogen) atoms. The highest BCUT2D eigenvalue weighted by atomic mass is 35.5. The lowest BCUT2D eigenvalue weighted by atomic mass is 10.2. The van der Waals surface area contributed by atoms with Gasteiger partial charge in [-0.1, -0.05) is 12.1 Å². The molecule has 2 rings (SSSR count). The molecule has 0 bridgehead atoms. The molecule has 2 aromatic rings.